The predicted molar refractivity (Wildman–Crippen MR) is 71.4 cm³/mol. The molecule has 0 aliphatic heterocycles. The molecule has 1 fully saturated rings. The monoisotopic (exact) mass is 248 g/mol. The maximum absolute atomic E-state index is 10.5. The van der Waals surface area contributed by atoms with Crippen molar-refractivity contribution in [2.75, 3.05) is 6.54 Å². The molecule has 1 aliphatic carbocycles. The molecule has 18 heavy (non-hydrogen) atoms. The molecule has 2 rings (SSSR count). The first-order chi connectivity index (χ1) is 8.75. The van der Waals surface area contributed by atoms with Crippen molar-refractivity contribution in [2.45, 2.75) is 38.6 Å². The Kier molecular flexibility index (Phi) is 4.70. The van der Waals surface area contributed by atoms with Gasteiger partial charge in [0.2, 0.25) is 0 Å². The molecule has 0 amide bonds. The third-order valence-electron chi connectivity index (χ3n) is 3.63. The Labute approximate surface area is 108 Å². The SMILES string of the molecule is O=[N+]([O-])c1ccc(CNCC2CCCCC2)cc1. The van der Waals surface area contributed by atoms with Crippen LogP contribution in [-0.2, 0) is 6.54 Å². The Hall–Kier alpha value is -1.42. The van der Waals surface area contributed by atoms with Crippen molar-refractivity contribution in [3.8, 4) is 0 Å². The molecule has 0 radical (unpaired) electrons. The van der Waals surface area contributed by atoms with Gasteiger partial charge in [0.15, 0.2) is 0 Å². The van der Waals surface area contributed by atoms with Gasteiger partial charge in [0.25, 0.3) is 5.69 Å². The lowest BCUT2D eigenvalue weighted by molar-refractivity contribution is -0.384. The normalized spacial score (nSPS) is 16.7. The molecule has 1 aromatic rings. The van der Waals surface area contributed by atoms with E-state index in [2.05, 4.69) is 5.32 Å². The van der Waals surface area contributed by atoms with Gasteiger partial charge in [0.1, 0.15) is 0 Å². The lowest BCUT2D eigenvalue weighted by Crippen LogP contribution is -2.24. The van der Waals surface area contributed by atoms with E-state index in [1.807, 2.05) is 12.1 Å². The van der Waals surface area contributed by atoms with E-state index in [-0.39, 0.29) is 10.6 Å². The summed E-state index contributed by atoms with van der Waals surface area (Å²) < 4.78 is 0. The highest BCUT2D eigenvalue weighted by Crippen LogP contribution is 2.22. The number of nitrogens with zero attached hydrogens (tertiary/aromatic N) is 1. The smallest absolute Gasteiger partial charge is 0.269 e. The van der Waals surface area contributed by atoms with Crippen LogP contribution in [0, 0.1) is 16.0 Å². The summed E-state index contributed by atoms with van der Waals surface area (Å²) in [5, 5.41) is 14.0. The molecule has 0 atom stereocenters. The number of nitro benzene ring substituents is 1. The summed E-state index contributed by atoms with van der Waals surface area (Å²) >= 11 is 0. The molecule has 0 aromatic heterocycles. The van der Waals surface area contributed by atoms with Gasteiger partial charge in [-0.2, -0.15) is 0 Å². The molecule has 98 valence electrons. The Morgan fingerprint density at radius 2 is 1.83 bits per heavy atom. The van der Waals surface area contributed by atoms with Crippen LogP contribution in [-0.4, -0.2) is 11.5 Å². The van der Waals surface area contributed by atoms with Crippen LogP contribution in [0.3, 0.4) is 0 Å². The lowest BCUT2D eigenvalue weighted by atomic mass is 9.89. The minimum atomic E-state index is -0.362. The maximum Gasteiger partial charge on any atom is 0.269 e. The molecule has 0 bridgehead atoms. The van der Waals surface area contributed by atoms with Crippen molar-refractivity contribution >= 4 is 5.69 Å². The zero-order valence-electron chi connectivity index (χ0n) is 10.6. The molecular formula is C14H20N2O2. The first-order valence-corrected chi connectivity index (χ1v) is 6.70. The number of hydrogen-bond acceptors (Lipinski definition) is 3. The Bertz CT molecular complexity index is 383. The van der Waals surface area contributed by atoms with E-state index in [0.29, 0.717) is 0 Å². The highest BCUT2D eigenvalue weighted by molar-refractivity contribution is 5.32. The maximum atomic E-state index is 10.5. The fraction of sp³-hybridized carbons (Fsp3) is 0.571. The quantitative estimate of drug-likeness (QED) is 0.642. The second-order valence-electron chi connectivity index (χ2n) is 5.06. The van der Waals surface area contributed by atoms with Crippen molar-refractivity contribution in [2.24, 2.45) is 5.92 Å². The first kappa shape index (κ1) is 13.0. The van der Waals surface area contributed by atoms with Crippen LogP contribution < -0.4 is 5.32 Å². The molecule has 1 aromatic carbocycles. The van der Waals surface area contributed by atoms with Crippen LogP contribution in [0.25, 0.3) is 0 Å². The molecule has 4 nitrogen and oxygen atoms in total. The van der Waals surface area contributed by atoms with Crippen molar-refractivity contribution in [1.82, 2.24) is 5.32 Å². The zero-order valence-corrected chi connectivity index (χ0v) is 10.6. The molecule has 0 saturated heterocycles. The molecule has 1 saturated carbocycles. The predicted octanol–water partition coefficient (Wildman–Crippen LogP) is 3.26. The van der Waals surface area contributed by atoms with Gasteiger partial charge in [-0.3, -0.25) is 10.1 Å². The van der Waals surface area contributed by atoms with E-state index in [9.17, 15) is 10.1 Å². The van der Waals surface area contributed by atoms with Gasteiger partial charge in [-0.25, -0.2) is 0 Å². The zero-order chi connectivity index (χ0) is 12.8. The van der Waals surface area contributed by atoms with E-state index in [4.69, 9.17) is 0 Å². The molecule has 0 spiro atoms. The number of non-ortho nitro benzene ring substituents is 1. The summed E-state index contributed by atoms with van der Waals surface area (Å²) in [5.74, 6) is 0.816. The highest BCUT2D eigenvalue weighted by Gasteiger charge is 2.12. The number of nitro groups is 1. The van der Waals surface area contributed by atoms with Gasteiger partial charge in [-0.1, -0.05) is 31.4 Å². The van der Waals surface area contributed by atoms with Crippen LogP contribution in [0.4, 0.5) is 5.69 Å². The molecular weight excluding hydrogens is 228 g/mol. The third kappa shape index (κ3) is 3.81. The number of nitrogens with one attached hydrogen (secondary N) is 1. The summed E-state index contributed by atoms with van der Waals surface area (Å²) in [5.41, 5.74) is 1.27. The second kappa shape index (κ2) is 6.50. The van der Waals surface area contributed by atoms with Crippen LogP contribution in [0.15, 0.2) is 24.3 Å². The van der Waals surface area contributed by atoms with Gasteiger partial charge in [0.05, 0.1) is 4.92 Å². The average molecular weight is 248 g/mol. The van der Waals surface area contributed by atoms with Crippen LogP contribution in [0.5, 0.6) is 0 Å². The van der Waals surface area contributed by atoms with Gasteiger partial charge in [-0.05, 0) is 30.9 Å². The van der Waals surface area contributed by atoms with Gasteiger partial charge >= 0.3 is 0 Å². The van der Waals surface area contributed by atoms with Crippen LogP contribution >= 0.6 is 0 Å². The Morgan fingerprint density at radius 3 is 2.44 bits per heavy atom. The number of hydrogen-bond donors (Lipinski definition) is 1. The minimum absolute atomic E-state index is 0.158. The standard InChI is InChI=1S/C14H20N2O2/c17-16(18)14-8-6-13(7-9-14)11-15-10-12-4-2-1-3-5-12/h6-9,12,15H,1-5,10-11H2. The van der Waals surface area contributed by atoms with Crippen molar-refractivity contribution < 1.29 is 4.92 Å². The summed E-state index contributed by atoms with van der Waals surface area (Å²) in [7, 11) is 0. The van der Waals surface area contributed by atoms with Gasteiger partial charge in [-0.15, -0.1) is 0 Å². The average Bonchev–Trinajstić information content (AvgIpc) is 2.40. The molecule has 1 N–H and O–H groups in total. The topological polar surface area (TPSA) is 55.2 Å². The van der Waals surface area contributed by atoms with Gasteiger partial charge < -0.3 is 5.32 Å². The Morgan fingerprint density at radius 1 is 1.17 bits per heavy atom. The summed E-state index contributed by atoms with van der Waals surface area (Å²) in [6, 6.07) is 6.78. The molecule has 1 aliphatic rings. The Balaban J connectivity index is 1.74. The summed E-state index contributed by atoms with van der Waals surface area (Å²) in [6.45, 7) is 1.87. The summed E-state index contributed by atoms with van der Waals surface area (Å²) in [6.07, 6.45) is 6.80. The second-order valence-corrected chi connectivity index (χ2v) is 5.06. The fourth-order valence-electron chi connectivity index (χ4n) is 2.55. The van der Waals surface area contributed by atoms with Gasteiger partial charge in [0, 0.05) is 18.7 Å². The lowest BCUT2D eigenvalue weighted by Gasteiger charge is -2.21. The van der Waals surface area contributed by atoms with Crippen molar-refractivity contribution in [3.05, 3.63) is 39.9 Å². The first-order valence-electron chi connectivity index (χ1n) is 6.70. The molecule has 4 heteroatoms. The number of rotatable bonds is 5. The molecule has 0 heterocycles. The fourth-order valence-corrected chi connectivity index (χ4v) is 2.55. The molecule has 0 unspecified atom stereocenters. The number of benzene rings is 1. The van der Waals surface area contributed by atoms with E-state index in [1.54, 1.807) is 12.1 Å². The van der Waals surface area contributed by atoms with E-state index in [1.165, 1.54) is 32.1 Å². The van der Waals surface area contributed by atoms with Crippen molar-refractivity contribution in [3.63, 3.8) is 0 Å². The summed E-state index contributed by atoms with van der Waals surface area (Å²) in [4.78, 5) is 10.2. The van der Waals surface area contributed by atoms with Crippen LogP contribution in [0.1, 0.15) is 37.7 Å². The van der Waals surface area contributed by atoms with Crippen LogP contribution in [0.2, 0.25) is 0 Å². The third-order valence-corrected chi connectivity index (χ3v) is 3.63. The highest BCUT2D eigenvalue weighted by atomic mass is 16.6. The minimum Gasteiger partial charge on any atom is -0.312 e. The van der Waals surface area contributed by atoms with E-state index in [0.717, 1.165) is 24.6 Å². The van der Waals surface area contributed by atoms with E-state index < -0.39 is 0 Å². The van der Waals surface area contributed by atoms with Crippen molar-refractivity contribution in [1.29, 1.82) is 0 Å². The largest absolute Gasteiger partial charge is 0.312 e. The van der Waals surface area contributed by atoms with E-state index >= 15 is 0 Å².